The van der Waals surface area contributed by atoms with E-state index in [4.69, 9.17) is 11.6 Å². The van der Waals surface area contributed by atoms with Gasteiger partial charge in [-0.25, -0.2) is 9.98 Å². The van der Waals surface area contributed by atoms with Gasteiger partial charge in [0.15, 0.2) is 0 Å². The van der Waals surface area contributed by atoms with Crippen molar-refractivity contribution in [2.45, 2.75) is 80.6 Å². The molecule has 1 N–H and O–H groups in total. The number of amides is 1. The molecule has 0 unspecified atom stereocenters. The van der Waals surface area contributed by atoms with E-state index in [2.05, 4.69) is 36.1 Å². The third kappa shape index (κ3) is 12.0. The summed E-state index contributed by atoms with van der Waals surface area (Å²) in [5, 5.41) is 3.19. The van der Waals surface area contributed by atoms with Gasteiger partial charge in [0.25, 0.3) is 0 Å². The zero-order valence-electron chi connectivity index (χ0n) is 17.5. The molecule has 1 aliphatic carbocycles. The van der Waals surface area contributed by atoms with Crippen molar-refractivity contribution >= 4 is 29.0 Å². The summed E-state index contributed by atoms with van der Waals surface area (Å²) >= 11 is 5.77. The molecule has 0 aromatic carbocycles. The van der Waals surface area contributed by atoms with Crippen molar-refractivity contribution in [3.63, 3.8) is 0 Å². The van der Waals surface area contributed by atoms with Crippen LogP contribution in [0.3, 0.4) is 0 Å². The number of nitrogens with one attached hydrogen (secondary N) is 1. The first-order valence-electron chi connectivity index (χ1n) is 9.67. The van der Waals surface area contributed by atoms with Crippen LogP contribution in [0.15, 0.2) is 17.1 Å². The molecule has 0 bridgehead atoms. The molecule has 2 rings (SSSR count). The Morgan fingerprint density at radius 1 is 1.35 bits per heavy atom. The fourth-order valence-corrected chi connectivity index (χ4v) is 2.28. The standard InChI is InChI=1S/C13H18ClN3O.C5H10.C3H8/c1-8(2)7-13(18)17-10(4)16-11-5-6-12(14)15-9(11)3;1-5-3-2-4-5;1-3-2/h5-6,8H,7H2,1-4H3,(H,16,17,18);5H,2-4H2,1H3;3H2,1-2H3. The predicted octanol–water partition coefficient (Wildman–Crippen LogP) is 6.48. The lowest BCUT2D eigenvalue weighted by Crippen LogP contribution is -2.29. The molecule has 4 nitrogen and oxygen atoms in total. The molecule has 0 saturated heterocycles. The first-order chi connectivity index (χ1) is 12.2. The maximum Gasteiger partial charge on any atom is 0.225 e. The normalized spacial score (nSPS) is 13.8. The van der Waals surface area contributed by atoms with Crippen molar-refractivity contribution in [2.75, 3.05) is 0 Å². The van der Waals surface area contributed by atoms with Crippen molar-refractivity contribution < 1.29 is 4.79 Å². The molecule has 0 spiro atoms. The number of rotatable bonds is 3. The first kappa shape index (κ1) is 24.6. The summed E-state index contributed by atoms with van der Waals surface area (Å²) in [6.07, 6.45) is 6.20. The number of nitrogens with zero attached hydrogens (tertiary/aromatic N) is 2. The Morgan fingerprint density at radius 2 is 1.88 bits per heavy atom. The van der Waals surface area contributed by atoms with Crippen molar-refractivity contribution in [3.8, 4) is 0 Å². The predicted molar refractivity (Wildman–Crippen MR) is 113 cm³/mol. The fraction of sp³-hybridized carbons (Fsp3) is 0.667. The number of carbonyl (C=O) groups excluding carboxylic acids is 1. The van der Waals surface area contributed by atoms with Crippen molar-refractivity contribution in [2.24, 2.45) is 16.8 Å². The molecule has 26 heavy (non-hydrogen) atoms. The average Bonchev–Trinajstić information content (AvgIpc) is 2.48. The summed E-state index contributed by atoms with van der Waals surface area (Å²) in [7, 11) is 0. The molecule has 1 aliphatic rings. The Bertz CT molecular complexity index is 566. The largest absolute Gasteiger partial charge is 0.314 e. The van der Waals surface area contributed by atoms with Gasteiger partial charge in [0, 0.05) is 6.42 Å². The Hall–Kier alpha value is -1.42. The van der Waals surface area contributed by atoms with Gasteiger partial charge in [-0.05, 0) is 37.8 Å². The van der Waals surface area contributed by atoms with Crippen LogP contribution in [0.1, 0.15) is 79.3 Å². The van der Waals surface area contributed by atoms with E-state index in [1.807, 2.05) is 20.8 Å². The van der Waals surface area contributed by atoms with Crippen molar-refractivity contribution in [3.05, 3.63) is 23.0 Å². The van der Waals surface area contributed by atoms with Gasteiger partial charge in [0.1, 0.15) is 11.0 Å². The summed E-state index contributed by atoms with van der Waals surface area (Å²) in [5.41, 5.74) is 1.45. The van der Waals surface area contributed by atoms with Gasteiger partial charge in [-0.3, -0.25) is 4.79 Å². The zero-order chi connectivity index (χ0) is 20.1. The molecule has 0 atom stereocenters. The molecule has 1 aromatic heterocycles. The second-order valence-electron chi connectivity index (χ2n) is 7.33. The minimum Gasteiger partial charge on any atom is -0.314 e. The van der Waals surface area contributed by atoms with Gasteiger partial charge in [-0.15, -0.1) is 0 Å². The Morgan fingerprint density at radius 3 is 2.27 bits per heavy atom. The summed E-state index contributed by atoms with van der Waals surface area (Å²) in [6.45, 7) is 14.1. The minimum atomic E-state index is -0.0224. The van der Waals surface area contributed by atoms with E-state index in [0.717, 1.165) is 11.6 Å². The lowest BCUT2D eigenvalue weighted by molar-refractivity contribution is -0.120. The maximum absolute atomic E-state index is 11.6. The number of carbonyl (C=O) groups is 1. The number of aromatic nitrogens is 1. The van der Waals surface area contributed by atoms with Gasteiger partial charge in [0.05, 0.1) is 11.4 Å². The lowest BCUT2D eigenvalue weighted by Gasteiger charge is -2.18. The number of pyridine rings is 1. The van der Waals surface area contributed by atoms with Crippen molar-refractivity contribution in [1.82, 2.24) is 10.3 Å². The second-order valence-corrected chi connectivity index (χ2v) is 7.71. The van der Waals surface area contributed by atoms with Gasteiger partial charge >= 0.3 is 0 Å². The third-order valence-corrected chi connectivity index (χ3v) is 3.83. The van der Waals surface area contributed by atoms with E-state index in [9.17, 15) is 4.79 Å². The van der Waals surface area contributed by atoms with Gasteiger partial charge in [0.2, 0.25) is 5.91 Å². The van der Waals surface area contributed by atoms with Crippen molar-refractivity contribution in [1.29, 1.82) is 0 Å². The fourth-order valence-electron chi connectivity index (χ4n) is 2.09. The number of hydrogen-bond donors (Lipinski definition) is 1. The smallest absolute Gasteiger partial charge is 0.225 e. The van der Waals surface area contributed by atoms with E-state index in [0.29, 0.717) is 29.0 Å². The maximum atomic E-state index is 11.6. The first-order valence-corrected chi connectivity index (χ1v) is 10.1. The summed E-state index contributed by atoms with van der Waals surface area (Å²) < 4.78 is 0. The number of halogens is 1. The molecule has 1 amide bonds. The summed E-state index contributed by atoms with van der Waals surface area (Å²) in [4.78, 5) is 20.0. The molecule has 5 heteroatoms. The quantitative estimate of drug-likeness (QED) is 0.370. The van der Waals surface area contributed by atoms with E-state index in [1.54, 1.807) is 19.1 Å². The molecule has 1 heterocycles. The highest BCUT2D eigenvalue weighted by Crippen LogP contribution is 2.24. The monoisotopic (exact) mass is 381 g/mol. The Labute approximate surface area is 164 Å². The number of aryl methyl sites for hydroxylation is 1. The van der Waals surface area contributed by atoms with Crippen LogP contribution < -0.4 is 5.32 Å². The molecule has 0 radical (unpaired) electrons. The molecular formula is C21H36ClN3O. The van der Waals surface area contributed by atoms with Crippen LogP contribution in [0, 0.1) is 18.8 Å². The summed E-state index contributed by atoms with van der Waals surface area (Å²) in [5.74, 6) is 1.94. The number of amidine groups is 1. The second kappa shape index (κ2) is 13.7. The van der Waals surface area contributed by atoms with Gasteiger partial charge in [-0.1, -0.05) is 71.9 Å². The van der Waals surface area contributed by atoms with E-state index in [1.165, 1.54) is 25.7 Å². The summed E-state index contributed by atoms with van der Waals surface area (Å²) in [6, 6.07) is 3.46. The van der Waals surface area contributed by atoms with Crippen LogP contribution in [0.4, 0.5) is 5.69 Å². The lowest BCUT2D eigenvalue weighted by atomic mass is 9.88. The molecule has 0 aliphatic heterocycles. The van der Waals surface area contributed by atoms with Crippen LogP contribution in [-0.2, 0) is 4.79 Å². The Balaban J connectivity index is 0.000000644. The van der Waals surface area contributed by atoms with Gasteiger partial charge < -0.3 is 5.32 Å². The minimum absolute atomic E-state index is 0.0224. The van der Waals surface area contributed by atoms with Crippen LogP contribution >= 0.6 is 11.6 Å². The van der Waals surface area contributed by atoms with Crippen LogP contribution in [0.25, 0.3) is 0 Å². The SMILES string of the molecule is CC(=Nc1ccc(Cl)nc1C)NC(=O)CC(C)C.CC1CCC1.CCC. The molecule has 1 aromatic rings. The highest BCUT2D eigenvalue weighted by molar-refractivity contribution is 6.29. The van der Waals surface area contributed by atoms with Gasteiger partial charge in [-0.2, -0.15) is 0 Å². The van der Waals surface area contributed by atoms with E-state index >= 15 is 0 Å². The van der Waals surface area contributed by atoms with Crippen LogP contribution in [0.2, 0.25) is 5.15 Å². The number of hydrogen-bond acceptors (Lipinski definition) is 3. The van der Waals surface area contributed by atoms with Crippen LogP contribution in [0.5, 0.6) is 0 Å². The number of aliphatic imine (C=N–C) groups is 1. The highest BCUT2D eigenvalue weighted by atomic mass is 35.5. The Kier molecular flexibility index (Phi) is 13.0. The molecule has 148 valence electrons. The molecule has 1 saturated carbocycles. The third-order valence-electron chi connectivity index (χ3n) is 3.62. The molecule has 1 fully saturated rings. The van der Waals surface area contributed by atoms with Crippen LogP contribution in [-0.4, -0.2) is 16.7 Å². The zero-order valence-corrected chi connectivity index (χ0v) is 18.3. The average molecular weight is 382 g/mol. The van der Waals surface area contributed by atoms with E-state index < -0.39 is 0 Å². The topological polar surface area (TPSA) is 54.4 Å². The highest BCUT2D eigenvalue weighted by Gasteiger charge is 2.09. The van der Waals surface area contributed by atoms with E-state index in [-0.39, 0.29) is 5.91 Å². The molecular weight excluding hydrogens is 346 g/mol.